The standard InChI is InChI=1S/C26H29NO6S/c1-18(12-14-32-24(29)17-34)25(20-8-4-9-21(16-20)31-15-13-28)33-26(30)27-23-11-5-7-19-6-2-3-10-22(19)23/h2-11,16,18,25,28,34H,12-15,17H2,1H3,(H,27,30)/t18-,25-/m1/s1. The SMILES string of the molecule is C[C@H](CCOC(=O)CS)[C@@H](OC(=O)Nc1cccc2ccccc12)c1cccc(OCCO)c1. The van der Waals surface area contributed by atoms with Gasteiger partial charge in [-0.25, -0.2) is 4.79 Å². The molecule has 0 fully saturated rings. The molecule has 0 spiro atoms. The minimum atomic E-state index is -0.623. The molecule has 0 aliphatic rings. The van der Waals surface area contributed by atoms with Crippen molar-refractivity contribution in [2.75, 3.05) is 30.9 Å². The summed E-state index contributed by atoms with van der Waals surface area (Å²) in [6.07, 6.45) is -0.738. The molecule has 0 aliphatic heterocycles. The number of carbonyl (C=O) groups is 2. The number of aliphatic hydroxyl groups excluding tert-OH is 1. The number of nitrogens with one attached hydrogen (secondary N) is 1. The average molecular weight is 484 g/mol. The van der Waals surface area contributed by atoms with Crippen LogP contribution < -0.4 is 10.1 Å². The maximum absolute atomic E-state index is 12.9. The van der Waals surface area contributed by atoms with Gasteiger partial charge in [0, 0.05) is 11.3 Å². The fourth-order valence-electron chi connectivity index (χ4n) is 3.60. The van der Waals surface area contributed by atoms with Gasteiger partial charge in [0.15, 0.2) is 0 Å². The van der Waals surface area contributed by atoms with E-state index in [1.165, 1.54) is 0 Å². The van der Waals surface area contributed by atoms with E-state index in [1.807, 2.05) is 55.5 Å². The number of rotatable bonds is 11. The topological polar surface area (TPSA) is 94.1 Å². The van der Waals surface area contributed by atoms with Gasteiger partial charge in [-0.1, -0.05) is 55.5 Å². The number of amides is 1. The molecule has 0 aliphatic carbocycles. The second-order valence-corrected chi connectivity index (χ2v) is 8.08. The molecule has 1 amide bonds. The van der Waals surface area contributed by atoms with Gasteiger partial charge in [0.1, 0.15) is 18.5 Å². The van der Waals surface area contributed by atoms with Gasteiger partial charge in [-0.05, 0) is 35.6 Å². The van der Waals surface area contributed by atoms with Crippen LogP contribution in [-0.4, -0.2) is 42.7 Å². The van der Waals surface area contributed by atoms with Crippen molar-refractivity contribution in [2.24, 2.45) is 5.92 Å². The maximum Gasteiger partial charge on any atom is 0.412 e. The Morgan fingerprint density at radius 1 is 1.03 bits per heavy atom. The quantitative estimate of drug-likeness (QED) is 0.263. The predicted molar refractivity (Wildman–Crippen MR) is 134 cm³/mol. The number of benzene rings is 3. The number of hydrogen-bond acceptors (Lipinski definition) is 7. The van der Waals surface area contributed by atoms with Crippen molar-refractivity contribution in [3.05, 3.63) is 72.3 Å². The van der Waals surface area contributed by atoms with Crippen LogP contribution in [0.5, 0.6) is 5.75 Å². The van der Waals surface area contributed by atoms with Gasteiger partial charge in [0.25, 0.3) is 0 Å². The number of anilines is 1. The molecule has 3 aromatic rings. The molecule has 2 atom stereocenters. The van der Waals surface area contributed by atoms with Crippen LogP contribution in [0, 0.1) is 5.92 Å². The molecule has 3 aromatic carbocycles. The Hall–Kier alpha value is -3.23. The zero-order chi connectivity index (χ0) is 24.3. The van der Waals surface area contributed by atoms with Gasteiger partial charge in [-0.2, -0.15) is 12.6 Å². The third kappa shape index (κ3) is 7.13. The van der Waals surface area contributed by atoms with E-state index in [-0.39, 0.29) is 31.5 Å². The summed E-state index contributed by atoms with van der Waals surface area (Å²) in [5, 5.41) is 13.8. The molecule has 2 N–H and O–H groups in total. The lowest BCUT2D eigenvalue weighted by molar-refractivity contribution is -0.141. The van der Waals surface area contributed by atoms with E-state index in [9.17, 15) is 9.59 Å². The van der Waals surface area contributed by atoms with Gasteiger partial charge in [-0.3, -0.25) is 10.1 Å². The third-order valence-electron chi connectivity index (χ3n) is 5.29. The number of fused-ring (bicyclic) bond motifs is 1. The molecule has 0 unspecified atom stereocenters. The van der Waals surface area contributed by atoms with Crippen molar-refractivity contribution in [3.63, 3.8) is 0 Å². The Balaban J connectivity index is 1.78. The zero-order valence-electron chi connectivity index (χ0n) is 19.0. The van der Waals surface area contributed by atoms with Crippen molar-refractivity contribution in [1.82, 2.24) is 0 Å². The first-order valence-corrected chi connectivity index (χ1v) is 11.7. The van der Waals surface area contributed by atoms with Gasteiger partial charge >= 0.3 is 12.1 Å². The van der Waals surface area contributed by atoms with Crippen LogP contribution in [0.3, 0.4) is 0 Å². The summed E-state index contributed by atoms with van der Waals surface area (Å²) >= 11 is 3.91. The summed E-state index contributed by atoms with van der Waals surface area (Å²) in [6, 6.07) is 20.6. The highest BCUT2D eigenvalue weighted by Crippen LogP contribution is 2.32. The Kier molecular flexibility index (Phi) is 9.61. The van der Waals surface area contributed by atoms with Crippen molar-refractivity contribution >= 4 is 41.2 Å². The Morgan fingerprint density at radius 2 is 1.79 bits per heavy atom. The molecular weight excluding hydrogens is 454 g/mol. The van der Waals surface area contributed by atoms with E-state index in [1.54, 1.807) is 18.2 Å². The molecule has 0 radical (unpaired) electrons. The van der Waals surface area contributed by atoms with Gasteiger partial charge in [-0.15, -0.1) is 0 Å². The number of hydrogen-bond donors (Lipinski definition) is 3. The molecule has 0 bridgehead atoms. The number of aliphatic hydroxyl groups is 1. The zero-order valence-corrected chi connectivity index (χ0v) is 19.9. The lowest BCUT2D eigenvalue weighted by atomic mass is 9.94. The third-order valence-corrected chi connectivity index (χ3v) is 5.55. The van der Waals surface area contributed by atoms with E-state index in [0.717, 1.165) is 16.3 Å². The summed E-state index contributed by atoms with van der Waals surface area (Å²) in [5.41, 5.74) is 1.38. The predicted octanol–water partition coefficient (Wildman–Crippen LogP) is 5.00. The molecule has 3 rings (SSSR count). The molecule has 34 heavy (non-hydrogen) atoms. The second kappa shape index (κ2) is 12.9. The highest BCUT2D eigenvalue weighted by molar-refractivity contribution is 7.81. The van der Waals surface area contributed by atoms with Crippen molar-refractivity contribution < 1.29 is 28.9 Å². The van der Waals surface area contributed by atoms with Crippen LogP contribution in [0.2, 0.25) is 0 Å². The first kappa shape index (κ1) is 25.4. The smallest absolute Gasteiger partial charge is 0.412 e. The van der Waals surface area contributed by atoms with Gasteiger partial charge < -0.3 is 19.3 Å². The van der Waals surface area contributed by atoms with Gasteiger partial charge in [0.05, 0.1) is 24.7 Å². The second-order valence-electron chi connectivity index (χ2n) is 7.77. The van der Waals surface area contributed by atoms with Crippen LogP contribution in [0.15, 0.2) is 66.7 Å². The first-order chi connectivity index (χ1) is 16.5. The molecule has 0 aromatic heterocycles. The van der Waals surface area contributed by atoms with Crippen molar-refractivity contribution in [1.29, 1.82) is 0 Å². The van der Waals surface area contributed by atoms with Gasteiger partial charge in [0.2, 0.25) is 0 Å². The fraction of sp³-hybridized carbons (Fsp3) is 0.308. The number of carbonyl (C=O) groups excluding carboxylic acids is 2. The van der Waals surface area contributed by atoms with E-state index in [4.69, 9.17) is 19.3 Å². The first-order valence-electron chi connectivity index (χ1n) is 11.1. The van der Waals surface area contributed by atoms with Crippen LogP contribution >= 0.6 is 12.6 Å². The van der Waals surface area contributed by atoms with Crippen LogP contribution in [-0.2, 0) is 14.3 Å². The van der Waals surface area contributed by atoms with E-state index < -0.39 is 18.2 Å². The van der Waals surface area contributed by atoms with E-state index in [2.05, 4.69) is 17.9 Å². The largest absolute Gasteiger partial charge is 0.491 e. The van der Waals surface area contributed by atoms with E-state index in [0.29, 0.717) is 17.9 Å². The summed E-state index contributed by atoms with van der Waals surface area (Å²) in [4.78, 5) is 24.4. The molecule has 0 heterocycles. The lowest BCUT2D eigenvalue weighted by Gasteiger charge is -2.25. The van der Waals surface area contributed by atoms with E-state index >= 15 is 0 Å². The summed E-state index contributed by atoms with van der Waals surface area (Å²) < 4.78 is 16.6. The number of esters is 1. The molecule has 0 saturated heterocycles. The lowest BCUT2D eigenvalue weighted by Crippen LogP contribution is -2.23. The fourth-order valence-corrected chi connectivity index (χ4v) is 3.69. The Morgan fingerprint density at radius 3 is 2.59 bits per heavy atom. The minimum Gasteiger partial charge on any atom is -0.491 e. The monoisotopic (exact) mass is 483 g/mol. The molecule has 0 saturated carbocycles. The summed E-state index contributed by atoms with van der Waals surface area (Å²) in [6.45, 7) is 2.16. The summed E-state index contributed by atoms with van der Waals surface area (Å²) in [5.74, 6) is -0.00472. The van der Waals surface area contributed by atoms with Crippen LogP contribution in [0.25, 0.3) is 10.8 Å². The Labute approximate surface area is 204 Å². The molecule has 8 heteroatoms. The highest BCUT2D eigenvalue weighted by Gasteiger charge is 2.25. The molecule has 180 valence electrons. The molecule has 7 nitrogen and oxygen atoms in total. The van der Waals surface area contributed by atoms with Crippen LogP contribution in [0.4, 0.5) is 10.5 Å². The number of thiol groups is 1. The maximum atomic E-state index is 12.9. The number of ether oxygens (including phenoxy) is 3. The summed E-state index contributed by atoms with van der Waals surface area (Å²) in [7, 11) is 0. The Bertz CT molecular complexity index is 1100. The minimum absolute atomic E-state index is 0.00594. The molecular formula is C26H29NO6S. The highest BCUT2D eigenvalue weighted by atomic mass is 32.1. The van der Waals surface area contributed by atoms with Crippen LogP contribution in [0.1, 0.15) is 25.0 Å². The van der Waals surface area contributed by atoms with Crippen molar-refractivity contribution in [3.8, 4) is 5.75 Å². The normalized spacial score (nSPS) is 12.6. The average Bonchev–Trinajstić information content (AvgIpc) is 2.86. The van der Waals surface area contributed by atoms with Crippen molar-refractivity contribution in [2.45, 2.75) is 19.4 Å².